The van der Waals surface area contributed by atoms with E-state index in [-0.39, 0.29) is 28.2 Å². The van der Waals surface area contributed by atoms with Gasteiger partial charge in [-0.2, -0.15) is 9.77 Å². The van der Waals surface area contributed by atoms with E-state index in [1.165, 1.54) is 30.6 Å². The van der Waals surface area contributed by atoms with Gasteiger partial charge in [-0.05, 0) is 30.5 Å². The van der Waals surface area contributed by atoms with Crippen LogP contribution in [0.4, 0.5) is 5.69 Å². The predicted molar refractivity (Wildman–Crippen MR) is 132 cm³/mol. The maximum absolute atomic E-state index is 13.5. The third kappa shape index (κ3) is 4.44. The van der Waals surface area contributed by atoms with Gasteiger partial charge in [0, 0.05) is 30.1 Å². The van der Waals surface area contributed by atoms with Crippen LogP contribution in [0, 0.1) is 10.1 Å². The first kappa shape index (κ1) is 22.6. The number of non-ortho nitro benzene ring substituents is 1. The van der Waals surface area contributed by atoms with Crippen LogP contribution in [0.5, 0.6) is 0 Å². The Balaban J connectivity index is 1.62. The molecule has 0 aliphatic heterocycles. The minimum Gasteiger partial charge on any atom is -0.279 e. The van der Waals surface area contributed by atoms with Gasteiger partial charge in [-0.25, -0.2) is 4.98 Å². The van der Waals surface area contributed by atoms with Gasteiger partial charge in [-0.1, -0.05) is 42.5 Å². The Morgan fingerprint density at radius 2 is 1.86 bits per heavy atom. The minimum absolute atomic E-state index is 0.0378. The van der Waals surface area contributed by atoms with Crippen LogP contribution in [0.15, 0.2) is 83.9 Å². The molecule has 11 heteroatoms. The summed E-state index contributed by atoms with van der Waals surface area (Å²) in [5.74, 6) is -0.561. The van der Waals surface area contributed by atoms with Crippen LogP contribution in [0.1, 0.15) is 21.6 Å². The molecule has 0 aliphatic rings. The van der Waals surface area contributed by atoms with Crippen molar-refractivity contribution in [3.05, 3.63) is 116 Å². The first-order valence-electron chi connectivity index (χ1n) is 11.0. The molecule has 0 saturated heterocycles. The normalized spacial score (nSPS) is 10.9. The number of benzene rings is 2. The Morgan fingerprint density at radius 1 is 1.03 bits per heavy atom. The standard InChI is InChI=1S/C25H19N7O4/c33-24(18-9-5-13-26-15-18)30-31-23(17-8-4-10-19(14-17)32(35)36)27-21-20(28-29-22(21)25(31)34)12-11-16-6-2-1-3-7-16/h1-10,13-15H,11-12H2,(H,28,29)(H,30,33). The molecule has 0 saturated carbocycles. The molecule has 0 atom stereocenters. The van der Waals surface area contributed by atoms with Crippen LogP contribution in [0.3, 0.4) is 0 Å². The van der Waals surface area contributed by atoms with Crippen LogP contribution in [0.2, 0.25) is 0 Å². The molecule has 5 aromatic rings. The molecule has 0 unspecified atom stereocenters. The highest BCUT2D eigenvalue weighted by atomic mass is 16.6. The number of hydrogen-bond acceptors (Lipinski definition) is 7. The van der Waals surface area contributed by atoms with Crippen LogP contribution in [-0.4, -0.2) is 35.7 Å². The second kappa shape index (κ2) is 9.58. The number of rotatable bonds is 7. The predicted octanol–water partition coefficient (Wildman–Crippen LogP) is 3.26. The number of carbonyl (C=O) groups is 1. The molecule has 178 valence electrons. The molecule has 0 aliphatic carbocycles. The molecule has 0 bridgehead atoms. The smallest absolute Gasteiger partial charge is 0.279 e. The van der Waals surface area contributed by atoms with Crippen molar-refractivity contribution >= 4 is 22.6 Å². The van der Waals surface area contributed by atoms with Gasteiger partial charge in [-0.3, -0.25) is 35.2 Å². The number of pyridine rings is 1. The van der Waals surface area contributed by atoms with Crippen molar-refractivity contribution in [2.24, 2.45) is 0 Å². The molecule has 5 rings (SSSR count). The topological polar surface area (TPSA) is 149 Å². The van der Waals surface area contributed by atoms with Gasteiger partial charge in [0.25, 0.3) is 11.6 Å². The molecular formula is C25H19N7O4. The second-order valence-electron chi connectivity index (χ2n) is 7.95. The number of carbonyl (C=O) groups excluding carboxylic acids is 1. The Kier molecular flexibility index (Phi) is 6.02. The molecule has 0 radical (unpaired) electrons. The van der Waals surface area contributed by atoms with E-state index in [4.69, 9.17) is 0 Å². The summed E-state index contributed by atoms with van der Waals surface area (Å²) in [5.41, 5.74) is 4.37. The number of nitro benzene ring substituents is 1. The number of aromatic amines is 1. The summed E-state index contributed by atoms with van der Waals surface area (Å²) >= 11 is 0. The maximum Gasteiger partial charge on any atom is 0.301 e. The van der Waals surface area contributed by atoms with E-state index in [0.717, 1.165) is 10.2 Å². The average Bonchev–Trinajstić information content (AvgIpc) is 3.33. The van der Waals surface area contributed by atoms with E-state index in [1.807, 2.05) is 30.3 Å². The highest BCUT2D eigenvalue weighted by Crippen LogP contribution is 2.24. The summed E-state index contributed by atoms with van der Waals surface area (Å²) < 4.78 is 0.957. The Hall–Kier alpha value is -5.19. The van der Waals surface area contributed by atoms with Gasteiger partial charge in [0.2, 0.25) is 0 Å². The van der Waals surface area contributed by atoms with Crippen molar-refractivity contribution in [2.45, 2.75) is 12.8 Å². The van der Waals surface area contributed by atoms with Crippen LogP contribution in [-0.2, 0) is 12.8 Å². The lowest BCUT2D eigenvalue weighted by molar-refractivity contribution is -0.384. The first-order chi connectivity index (χ1) is 17.5. The quantitative estimate of drug-likeness (QED) is 0.268. The van der Waals surface area contributed by atoms with Crippen molar-refractivity contribution in [3.8, 4) is 11.4 Å². The van der Waals surface area contributed by atoms with Gasteiger partial charge < -0.3 is 0 Å². The fourth-order valence-corrected chi connectivity index (χ4v) is 3.81. The zero-order valence-corrected chi connectivity index (χ0v) is 18.8. The number of aryl methyl sites for hydroxylation is 2. The largest absolute Gasteiger partial charge is 0.301 e. The average molecular weight is 481 g/mol. The SMILES string of the molecule is O=C(Nn1c(-c2cccc([N+](=O)[O-])c2)nc2c(CCc3ccccc3)[nH]nc2c1=O)c1cccnc1. The highest BCUT2D eigenvalue weighted by Gasteiger charge is 2.21. The second-order valence-corrected chi connectivity index (χ2v) is 7.95. The van der Waals surface area contributed by atoms with Crippen molar-refractivity contribution < 1.29 is 9.72 Å². The minimum atomic E-state index is -0.624. The van der Waals surface area contributed by atoms with E-state index < -0.39 is 16.4 Å². The number of fused-ring (bicyclic) bond motifs is 1. The maximum atomic E-state index is 13.5. The van der Waals surface area contributed by atoms with Gasteiger partial charge in [0.15, 0.2) is 11.3 Å². The van der Waals surface area contributed by atoms with Gasteiger partial charge >= 0.3 is 5.56 Å². The monoisotopic (exact) mass is 481 g/mol. The molecular weight excluding hydrogens is 462 g/mol. The third-order valence-corrected chi connectivity index (χ3v) is 5.61. The lowest BCUT2D eigenvalue weighted by atomic mass is 10.1. The van der Waals surface area contributed by atoms with Crippen LogP contribution < -0.4 is 11.0 Å². The van der Waals surface area contributed by atoms with Crippen molar-refractivity contribution in [2.75, 3.05) is 5.43 Å². The first-order valence-corrected chi connectivity index (χ1v) is 11.0. The van der Waals surface area contributed by atoms with Crippen molar-refractivity contribution in [1.29, 1.82) is 0 Å². The van der Waals surface area contributed by atoms with E-state index in [9.17, 15) is 19.7 Å². The van der Waals surface area contributed by atoms with Gasteiger partial charge in [0.1, 0.15) is 5.52 Å². The zero-order valence-electron chi connectivity index (χ0n) is 18.8. The number of amides is 1. The van der Waals surface area contributed by atoms with Crippen molar-refractivity contribution in [3.63, 3.8) is 0 Å². The fourth-order valence-electron chi connectivity index (χ4n) is 3.81. The lowest BCUT2D eigenvalue weighted by Gasteiger charge is -2.13. The Morgan fingerprint density at radius 3 is 2.61 bits per heavy atom. The van der Waals surface area contributed by atoms with E-state index in [0.29, 0.717) is 24.1 Å². The number of aromatic nitrogens is 5. The molecule has 3 heterocycles. The third-order valence-electron chi connectivity index (χ3n) is 5.61. The molecule has 3 aromatic heterocycles. The van der Waals surface area contributed by atoms with E-state index in [1.54, 1.807) is 18.2 Å². The summed E-state index contributed by atoms with van der Waals surface area (Å²) in [7, 11) is 0. The number of nitrogens with zero attached hydrogens (tertiary/aromatic N) is 5. The molecule has 0 spiro atoms. The fraction of sp³-hybridized carbons (Fsp3) is 0.0800. The number of H-pyrrole nitrogens is 1. The Labute approximate surface area is 203 Å². The number of nitrogens with one attached hydrogen (secondary N) is 2. The summed E-state index contributed by atoms with van der Waals surface area (Å²) in [5, 5.41) is 18.4. The van der Waals surface area contributed by atoms with E-state index in [2.05, 4.69) is 25.6 Å². The summed E-state index contributed by atoms with van der Waals surface area (Å²) in [6.07, 6.45) is 4.10. The molecule has 2 N–H and O–H groups in total. The zero-order chi connectivity index (χ0) is 25.1. The lowest BCUT2D eigenvalue weighted by Crippen LogP contribution is -2.35. The van der Waals surface area contributed by atoms with Crippen molar-refractivity contribution in [1.82, 2.24) is 24.8 Å². The molecule has 36 heavy (non-hydrogen) atoms. The van der Waals surface area contributed by atoms with Crippen LogP contribution in [0.25, 0.3) is 22.4 Å². The van der Waals surface area contributed by atoms with E-state index >= 15 is 0 Å². The summed E-state index contributed by atoms with van der Waals surface area (Å²) in [4.78, 5) is 45.7. The molecule has 2 aromatic carbocycles. The number of hydrogen-bond donors (Lipinski definition) is 2. The summed E-state index contributed by atoms with van der Waals surface area (Å²) in [6, 6.07) is 18.7. The summed E-state index contributed by atoms with van der Waals surface area (Å²) in [6.45, 7) is 0. The molecule has 11 nitrogen and oxygen atoms in total. The Bertz CT molecular complexity index is 1630. The molecule has 1 amide bonds. The highest BCUT2D eigenvalue weighted by molar-refractivity contribution is 6.00. The van der Waals surface area contributed by atoms with Gasteiger partial charge in [-0.15, -0.1) is 0 Å². The number of nitro groups is 1. The van der Waals surface area contributed by atoms with Crippen LogP contribution >= 0.6 is 0 Å². The molecule has 0 fully saturated rings. The van der Waals surface area contributed by atoms with Gasteiger partial charge in [0.05, 0.1) is 16.2 Å².